The molecule has 16 heavy (non-hydrogen) atoms. The second kappa shape index (κ2) is 4.06. The van der Waals surface area contributed by atoms with Crippen LogP contribution in [0.1, 0.15) is 32.6 Å². The van der Waals surface area contributed by atoms with Crippen molar-refractivity contribution in [3.05, 3.63) is 0 Å². The fourth-order valence-electron chi connectivity index (χ4n) is 2.52. The second-order valence-electron chi connectivity index (χ2n) is 5.13. The summed E-state index contributed by atoms with van der Waals surface area (Å²) in [5.74, 6) is 0.105. The van der Waals surface area contributed by atoms with Gasteiger partial charge in [0.1, 0.15) is 5.41 Å². The molecule has 1 N–H and O–H groups in total. The molecule has 1 amide bonds. The van der Waals surface area contributed by atoms with E-state index in [0.29, 0.717) is 32.4 Å². The number of amides is 1. The molecule has 4 nitrogen and oxygen atoms in total. The molecule has 0 aromatic rings. The Morgan fingerprint density at radius 1 is 1.56 bits per heavy atom. The Morgan fingerprint density at radius 2 is 2.25 bits per heavy atom. The third-order valence-corrected chi connectivity index (χ3v) is 3.98. The van der Waals surface area contributed by atoms with Crippen LogP contribution < -0.4 is 0 Å². The van der Waals surface area contributed by atoms with E-state index in [4.69, 9.17) is 5.26 Å². The number of piperidine rings is 1. The molecule has 1 saturated carbocycles. The molecular weight excluding hydrogens is 204 g/mol. The van der Waals surface area contributed by atoms with Gasteiger partial charge in [-0.1, -0.05) is 6.92 Å². The quantitative estimate of drug-likeness (QED) is 0.717. The summed E-state index contributed by atoms with van der Waals surface area (Å²) >= 11 is 0. The highest BCUT2D eigenvalue weighted by atomic mass is 16.3. The molecule has 0 bridgehead atoms. The van der Waals surface area contributed by atoms with E-state index < -0.39 is 5.41 Å². The van der Waals surface area contributed by atoms with Crippen molar-refractivity contribution in [1.82, 2.24) is 4.90 Å². The topological polar surface area (TPSA) is 64.3 Å². The summed E-state index contributed by atoms with van der Waals surface area (Å²) in [5.41, 5.74) is -0.734. The number of aliphatic hydroxyl groups is 1. The van der Waals surface area contributed by atoms with Gasteiger partial charge in [-0.2, -0.15) is 5.26 Å². The number of likely N-dealkylation sites (tertiary alicyclic amines) is 1. The molecule has 0 spiro atoms. The Balaban J connectivity index is 2.03. The SMILES string of the molecule is CC1CN(C(=O)C2(C#N)CCC2)CCC1O. The summed E-state index contributed by atoms with van der Waals surface area (Å²) in [6.07, 6.45) is 2.72. The number of nitrogens with zero attached hydrogens (tertiary/aromatic N) is 2. The van der Waals surface area contributed by atoms with E-state index in [-0.39, 0.29) is 17.9 Å². The van der Waals surface area contributed by atoms with E-state index in [1.54, 1.807) is 4.90 Å². The molecule has 4 heteroatoms. The smallest absolute Gasteiger partial charge is 0.243 e. The molecule has 1 aliphatic heterocycles. The van der Waals surface area contributed by atoms with Crippen LogP contribution in [0, 0.1) is 22.7 Å². The van der Waals surface area contributed by atoms with Crippen molar-refractivity contribution in [2.45, 2.75) is 38.7 Å². The first kappa shape index (κ1) is 11.4. The van der Waals surface area contributed by atoms with Crippen molar-refractivity contribution >= 4 is 5.91 Å². The van der Waals surface area contributed by atoms with Crippen LogP contribution in [0.2, 0.25) is 0 Å². The fraction of sp³-hybridized carbons (Fsp3) is 0.833. The minimum atomic E-state index is -0.734. The number of carbonyl (C=O) groups is 1. The van der Waals surface area contributed by atoms with Gasteiger partial charge < -0.3 is 10.0 Å². The van der Waals surface area contributed by atoms with Crippen LogP contribution in [0.5, 0.6) is 0 Å². The number of carbonyl (C=O) groups excluding carboxylic acids is 1. The van der Waals surface area contributed by atoms with Gasteiger partial charge in [0.05, 0.1) is 12.2 Å². The van der Waals surface area contributed by atoms with Crippen molar-refractivity contribution in [3.8, 4) is 6.07 Å². The molecule has 1 aliphatic carbocycles. The highest BCUT2D eigenvalue weighted by Gasteiger charge is 2.47. The second-order valence-corrected chi connectivity index (χ2v) is 5.13. The maximum atomic E-state index is 12.2. The predicted octanol–water partition coefficient (Wildman–Crippen LogP) is 0.910. The highest BCUT2D eigenvalue weighted by Crippen LogP contribution is 2.42. The van der Waals surface area contributed by atoms with E-state index in [2.05, 4.69) is 6.07 Å². The minimum absolute atomic E-state index is 0.0139. The lowest BCUT2D eigenvalue weighted by atomic mass is 9.68. The molecule has 88 valence electrons. The van der Waals surface area contributed by atoms with Gasteiger partial charge in [-0.05, 0) is 31.6 Å². The highest BCUT2D eigenvalue weighted by molar-refractivity contribution is 5.86. The third kappa shape index (κ3) is 1.69. The van der Waals surface area contributed by atoms with Gasteiger partial charge in [0.25, 0.3) is 0 Å². The summed E-state index contributed by atoms with van der Waals surface area (Å²) in [4.78, 5) is 14.0. The zero-order valence-electron chi connectivity index (χ0n) is 9.65. The standard InChI is InChI=1S/C12H18N2O2/c1-9-7-14(6-3-10(9)15)11(16)12(8-13)4-2-5-12/h9-10,15H,2-7H2,1H3. The monoisotopic (exact) mass is 222 g/mol. The Morgan fingerprint density at radius 3 is 2.69 bits per heavy atom. The molecule has 1 saturated heterocycles. The number of aliphatic hydroxyl groups excluding tert-OH is 1. The first-order valence-electron chi connectivity index (χ1n) is 5.98. The third-order valence-electron chi connectivity index (χ3n) is 3.98. The average Bonchev–Trinajstić information content (AvgIpc) is 2.21. The van der Waals surface area contributed by atoms with Gasteiger partial charge in [0.15, 0.2) is 0 Å². The van der Waals surface area contributed by atoms with Crippen LogP contribution in [0.3, 0.4) is 0 Å². The first-order valence-corrected chi connectivity index (χ1v) is 5.98. The van der Waals surface area contributed by atoms with Crippen LogP contribution in [0.4, 0.5) is 0 Å². The molecule has 0 aromatic carbocycles. The molecule has 0 aromatic heterocycles. The fourth-order valence-corrected chi connectivity index (χ4v) is 2.52. The number of nitriles is 1. The van der Waals surface area contributed by atoms with Gasteiger partial charge in [0.2, 0.25) is 5.91 Å². The van der Waals surface area contributed by atoms with E-state index in [9.17, 15) is 9.90 Å². The molecular formula is C12H18N2O2. The largest absolute Gasteiger partial charge is 0.393 e. The summed E-state index contributed by atoms with van der Waals surface area (Å²) in [6, 6.07) is 2.18. The summed E-state index contributed by atoms with van der Waals surface area (Å²) in [5, 5.41) is 18.7. The maximum absolute atomic E-state index is 12.2. The summed E-state index contributed by atoms with van der Waals surface area (Å²) in [6.45, 7) is 3.13. The van der Waals surface area contributed by atoms with E-state index in [0.717, 1.165) is 6.42 Å². The minimum Gasteiger partial charge on any atom is -0.393 e. The van der Waals surface area contributed by atoms with Crippen molar-refractivity contribution in [2.24, 2.45) is 11.3 Å². The molecule has 2 unspecified atom stereocenters. The normalized spacial score (nSPS) is 32.7. The molecule has 2 atom stereocenters. The maximum Gasteiger partial charge on any atom is 0.243 e. The Kier molecular flexibility index (Phi) is 2.90. The van der Waals surface area contributed by atoms with Crippen molar-refractivity contribution in [1.29, 1.82) is 5.26 Å². The summed E-state index contributed by atoms with van der Waals surface area (Å²) in [7, 11) is 0. The van der Waals surface area contributed by atoms with Crippen LogP contribution >= 0.6 is 0 Å². The number of rotatable bonds is 1. The van der Waals surface area contributed by atoms with E-state index >= 15 is 0 Å². The number of hydrogen-bond acceptors (Lipinski definition) is 3. The lowest BCUT2D eigenvalue weighted by Crippen LogP contribution is -2.52. The Bertz CT molecular complexity index is 330. The predicted molar refractivity (Wildman–Crippen MR) is 58.3 cm³/mol. The van der Waals surface area contributed by atoms with Gasteiger partial charge in [0, 0.05) is 13.1 Å². The lowest BCUT2D eigenvalue weighted by molar-refractivity contribution is -0.146. The van der Waals surface area contributed by atoms with Gasteiger partial charge in [-0.25, -0.2) is 0 Å². The zero-order chi connectivity index (χ0) is 11.8. The molecule has 2 aliphatic rings. The van der Waals surface area contributed by atoms with Crippen LogP contribution in [0.25, 0.3) is 0 Å². The van der Waals surface area contributed by atoms with Gasteiger partial charge in [-0.3, -0.25) is 4.79 Å². The molecule has 1 heterocycles. The Hall–Kier alpha value is -1.08. The number of hydrogen-bond donors (Lipinski definition) is 1. The first-order chi connectivity index (χ1) is 7.59. The van der Waals surface area contributed by atoms with Crippen molar-refractivity contribution in [3.63, 3.8) is 0 Å². The van der Waals surface area contributed by atoms with Crippen LogP contribution in [-0.4, -0.2) is 35.1 Å². The molecule has 0 radical (unpaired) electrons. The lowest BCUT2D eigenvalue weighted by Gasteiger charge is -2.42. The van der Waals surface area contributed by atoms with Crippen LogP contribution in [-0.2, 0) is 4.79 Å². The van der Waals surface area contributed by atoms with Gasteiger partial charge >= 0.3 is 0 Å². The Labute approximate surface area is 95.9 Å². The molecule has 2 fully saturated rings. The van der Waals surface area contributed by atoms with Crippen molar-refractivity contribution < 1.29 is 9.90 Å². The molecule has 2 rings (SSSR count). The van der Waals surface area contributed by atoms with E-state index in [1.165, 1.54) is 0 Å². The van der Waals surface area contributed by atoms with Crippen LogP contribution in [0.15, 0.2) is 0 Å². The average molecular weight is 222 g/mol. The van der Waals surface area contributed by atoms with E-state index in [1.807, 2.05) is 6.92 Å². The van der Waals surface area contributed by atoms with Gasteiger partial charge in [-0.15, -0.1) is 0 Å². The summed E-state index contributed by atoms with van der Waals surface area (Å²) < 4.78 is 0. The van der Waals surface area contributed by atoms with Crippen molar-refractivity contribution in [2.75, 3.05) is 13.1 Å². The zero-order valence-corrected chi connectivity index (χ0v) is 9.65.